The van der Waals surface area contributed by atoms with Crippen LogP contribution in [0.1, 0.15) is 51.7 Å². The van der Waals surface area contributed by atoms with Gasteiger partial charge in [0.1, 0.15) is 5.75 Å². The van der Waals surface area contributed by atoms with Crippen LogP contribution in [0.25, 0.3) is 16.6 Å². The van der Waals surface area contributed by atoms with Gasteiger partial charge in [0.05, 0.1) is 11.3 Å². The third kappa shape index (κ3) is 4.87. The van der Waals surface area contributed by atoms with Crippen LogP contribution in [0.3, 0.4) is 0 Å². The Morgan fingerprint density at radius 2 is 1.77 bits per heavy atom. The Kier molecular flexibility index (Phi) is 5.74. The van der Waals surface area contributed by atoms with Crippen molar-refractivity contribution >= 4 is 16.6 Å². The molecule has 6 heteroatoms. The molecule has 1 fully saturated rings. The smallest absolute Gasteiger partial charge is 0.125 e. The minimum atomic E-state index is 0.0397. The Morgan fingerprint density at radius 3 is 2.40 bits per heavy atom. The van der Waals surface area contributed by atoms with Gasteiger partial charge in [-0.3, -0.25) is 4.98 Å². The van der Waals surface area contributed by atoms with Crippen molar-refractivity contribution in [1.82, 2.24) is 15.2 Å². The number of fused-ring (bicyclic) bond motifs is 1. The fourth-order valence-corrected chi connectivity index (χ4v) is 4.64. The van der Waals surface area contributed by atoms with Gasteiger partial charge in [-0.2, -0.15) is 0 Å². The van der Waals surface area contributed by atoms with Crippen LogP contribution in [-0.4, -0.2) is 39.2 Å². The summed E-state index contributed by atoms with van der Waals surface area (Å²) in [7, 11) is 2.03. The maximum Gasteiger partial charge on any atom is 0.125 e. The van der Waals surface area contributed by atoms with Crippen LogP contribution in [0.2, 0.25) is 0 Å². The molecule has 162 valence electrons. The number of rotatable bonds is 4. The van der Waals surface area contributed by atoms with Crippen LogP contribution < -0.4 is 16.8 Å². The Bertz CT molecular complexity index is 990. The molecule has 0 bridgehead atoms. The zero-order chi connectivity index (χ0) is 22.3. The fourth-order valence-electron chi connectivity index (χ4n) is 4.64. The standard InChI is InChI=1S/C24H35N5O/c1-15-9-16-10-21(30)18(11-20(16)27-14-15)19(25)7-8-22(26)29(6)17-12-23(2,3)28-24(4,5)13-17/h7-11,14,17,28,30H,12-13,25-26H2,1-6H3/b19-7-,22-8+. The number of hydrogen-bond donors (Lipinski definition) is 4. The van der Waals surface area contributed by atoms with Crippen LogP contribution in [0.4, 0.5) is 0 Å². The minimum absolute atomic E-state index is 0.0397. The molecule has 3 rings (SSSR count). The molecule has 1 saturated heterocycles. The number of pyridine rings is 1. The molecule has 0 saturated carbocycles. The summed E-state index contributed by atoms with van der Waals surface area (Å²) in [5.74, 6) is 0.774. The van der Waals surface area contributed by atoms with E-state index in [0.29, 0.717) is 23.1 Å². The van der Waals surface area contributed by atoms with Crippen molar-refractivity contribution in [3.8, 4) is 5.75 Å². The number of nitrogens with zero attached hydrogens (tertiary/aromatic N) is 2. The summed E-state index contributed by atoms with van der Waals surface area (Å²) < 4.78 is 0. The average Bonchev–Trinajstić information content (AvgIpc) is 2.62. The highest BCUT2D eigenvalue weighted by atomic mass is 16.3. The lowest BCUT2D eigenvalue weighted by atomic mass is 9.79. The highest BCUT2D eigenvalue weighted by Crippen LogP contribution is 2.32. The third-order valence-electron chi connectivity index (χ3n) is 5.80. The summed E-state index contributed by atoms with van der Waals surface area (Å²) in [5, 5.41) is 15.0. The van der Waals surface area contributed by atoms with Crippen molar-refractivity contribution in [2.45, 2.75) is 64.6 Å². The molecule has 2 aromatic rings. The van der Waals surface area contributed by atoms with Gasteiger partial charge in [-0.05, 0) is 83.4 Å². The molecule has 0 amide bonds. The first-order chi connectivity index (χ1) is 13.9. The quantitative estimate of drug-likeness (QED) is 0.576. The van der Waals surface area contributed by atoms with Crippen molar-refractivity contribution in [1.29, 1.82) is 0 Å². The highest BCUT2D eigenvalue weighted by Gasteiger charge is 2.39. The van der Waals surface area contributed by atoms with Gasteiger partial charge in [0.15, 0.2) is 0 Å². The molecule has 0 radical (unpaired) electrons. The van der Waals surface area contributed by atoms with E-state index in [1.165, 1.54) is 0 Å². The van der Waals surface area contributed by atoms with E-state index in [1.54, 1.807) is 18.3 Å². The van der Waals surface area contributed by atoms with Crippen molar-refractivity contribution < 1.29 is 5.11 Å². The van der Waals surface area contributed by atoms with E-state index in [4.69, 9.17) is 11.5 Å². The first-order valence-corrected chi connectivity index (χ1v) is 10.4. The molecule has 30 heavy (non-hydrogen) atoms. The number of piperidine rings is 1. The molecule has 6 nitrogen and oxygen atoms in total. The molecule has 0 unspecified atom stereocenters. The predicted molar refractivity (Wildman–Crippen MR) is 125 cm³/mol. The summed E-state index contributed by atoms with van der Waals surface area (Å²) in [6.07, 6.45) is 7.36. The maximum atomic E-state index is 10.4. The molecule has 1 aromatic heterocycles. The second kappa shape index (κ2) is 7.84. The van der Waals surface area contributed by atoms with E-state index in [0.717, 1.165) is 29.3 Å². The van der Waals surface area contributed by atoms with Crippen LogP contribution in [0.15, 0.2) is 42.4 Å². The minimum Gasteiger partial charge on any atom is -0.507 e. The molecule has 1 aromatic carbocycles. The Morgan fingerprint density at radius 1 is 1.13 bits per heavy atom. The SMILES string of the molecule is Cc1cnc2cc(/C(N)=C/C=C(\N)N(C)C3CC(C)(C)NC(C)(C)C3)c(O)cc2c1. The topological polar surface area (TPSA) is 100 Å². The number of aromatic nitrogens is 1. The molecule has 1 aliphatic heterocycles. The Labute approximate surface area is 179 Å². The van der Waals surface area contributed by atoms with E-state index in [1.807, 2.05) is 32.2 Å². The van der Waals surface area contributed by atoms with Crippen LogP contribution >= 0.6 is 0 Å². The normalized spacial score (nSPS) is 19.8. The predicted octanol–water partition coefficient (Wildman–Crippen LogP) is 3.59. The summed E-state index contributed by atoms with van der Waals surface area (Å²) >= 11 is 0. The zero-order valence-corrected chi connectivity index (χ0v) is 19.0. The number of allylic oxidation sites excluding steroid dienone is 2. The first kappa shape index (κ1) is 22.0. The van der Waals surface area contributed by atoms with Crippen molar-refractivity contribution in [2.24, 2.45) is 11.5 Å². The van der Waals surface area contributed by atoms with E-state index >= 15 is 0 Å². The first-order valence-electron chi connectivity index (χ1n) is 10.4. The van der Waals surface area contributed by atoms with Gasteiger partial charge in [-0.15, -0.1) is 0 Å². The second-order valence-corrected chi connectivity index (χ2v) is 9.85. The van der Waals surface area contributed by atoms with E-state index in [2.05, 4.69) is 42.9 Å². The molecule has 6 N–H and O–H groups in total. The van der Waals surface area contributed by atoms with Gasteiger partial charge < -0.3 is 26.8 Å². The van der Waals surface area contributed by atoms with Crippen LogP contribution in [0.5, 0.6) is 5.75 Å². The number of aromatic hydroxyl groups is 1. The molecule has 1 aliphatic rings. The Hall–Kier alpha value is -2.73. The summed E-state index contributed by atoms with van der Waals surface area (Å²) in [4.78, 5) is 6.55. The lowest BCUT2D eigenvalue weighted by Crippen LogP contribution is -2.61. The van der Waals surface area contributed by atoms with Crippen molar-refractivity contribution in [2.75, 3.05) is 7.05 Å². The van der Waals surface area contributed by atoms with Gasteiger partial charge in [0.25, 0.3) is 0 Å². The van der Waals surface area contributed by atoms with E-state index in [9.17, 15) is 5.11 Å². The summed E-state index contributed by atoms with van der Waals surface area (Å²) in [5.41, 5.74) is 15.6. The summed E-state index contributed by atoms with van der Waals surface area (Å²) in [6.45, 7) is 10.9. The second-order valence-electron chi connectivity index (χ2n) is 9.85. The van der Waals surface area contributed by atoms with Crippen molar-refractivity contribution in [3.63, 3.8) is 0 Å². The van der Waals surface area contributed by atoms with Gasteiger partial charge in [0.2, 0.25) is 0 Å². The molecule has 0 atom stereocenters. The van der Waals surface area contributed by atoms with Gasteiger partial charge in [-0.1, -0.05) is 0 Å². The Balaban J connectivity index is 1.83. The lowest BCUT2D eigenvalue weighted by molar-refractivity contribution is 0.0981. The molecule has 0 spiro atoms. The van der Waals surface area contributed by atoms with Crippen LogP contribution in [-0.2, 0) is 0 Å². The molecule has 2 heterocycles. The number of nitrogens with two attached hydrogens (primary N) is 2. The summed E-state index contributed by atoms with van der Waals surface area (Å²) in [6, 6.07) is 5.81. The average molecular weight is 410 g/mol. The van der Waals surface area contributed by atoms with Gasteiger partial charge >= 0.3 is 0 Å². The number of phenols is 1. The van der Waals surface area contributed by atoms with Gasteiger partial charge in [0, 0.05) is 47.0 Å². The maximum absolute atomic E-state index is 10.4. The number of phenolic OH excluding ortho intramolecular Hbond substituents is 1. The van der Waals surface area contributed by atoms with E-state index in [-0.39, 0.29) is 16.8 Å². The van der Waals surface area contributed by atoms with Crippen LogP contribution in [0, 0.1) is 6.92 Å². The molecule has 0 aliphatic carbocycles. The number of nitrogens with one attached hydrogen (secondary N) is 1. The fraction of sp³-hybridized carbons (Fsp3) is 0.458. The van der Waals surface area contributed by atoms with Gasteiger partial charge in [-0.25, -0.2) is 0 Å². The van der Waals surface area contributed by atoms with E-state index < -0.39 is 0 Å². The largest absolute Gasteiger partial charge is 0.507 e. The monoisotopic (exact) mass is 409 g/mol. The molecular formula is C24H35N5O. The third-order valence-corrected chi connectivity index (χ3v) is 5.80. The van der Waals surface area contributed by atoms with Crippen molar-refractivity contribution in [3.05, 3.63) is 53.5 Å². The molecular weight excluding hydrogens is 374 g/mol. The highest BCUT2D eigenvalue weighted by molar-refractivity contribution is 5.86. The number of aryl methyl sites for hydroxylation is 1. The number of benzene rings is 1. The number of hydrogen-bond acceptors (Lipinski definition) is 6. The lowest BCUT2D eigenvalue weighted by Gasteiger charge is -2.49. The zero-order valence-electron chi connectivity index (χ0n) is 19.0.